The van der Waals surface area contributed by atoms with Crippen molar-refractivity contribution in [2.45, 2.75) is 17.6 Å². The molecular formula is C9H10F3NS. The summed E-state index contributed by atoms with van der Waals surface area (Å²) in [6.45, 7) is 0.407. The lowest BCUT2D eigenvalue weighted by atomic mass is 10.2. The molecule has 0 heterocycles. The molecule has 0 unspecified atom stereocenters. The van der Waals surface area contributed by atoms with E-state index in [1.165, 1.54) is 0 Å². The molecular weight excluding hydrogens is 211 g/mol. The zero-order chi connectivity index (χ0) is 10.6. The molecule has 1 nitrogen and oxygen atoms in total. The molecule has 0 saturated heterocycles. The van der Waals surface area contributed by atoms with Crippen molar-refractivity contribution in [3.05, 3.63) is 29.8 Å². The molecule has 1 aromatic carbocycles. The Morgan fingerprint density at radius 1 is 1.14 bits per heavy atom. The molecule has 0 fully saturated rings. The fourth-order valence-corrected chi connectivity index (χ4v) is 1.55. The number of thioether (sulfide) groups is 1. The molecule has 0 atom stereocenters. The third kappa shape index (κ3) is 4.02. The predicted molar refractivity (Wildman–Crippen MR) is 51.1 cm³/mol. The van der Waals surface area contributed by atoms with Gasteiger partial charge in [0.2, 0.25) is 0 Å². The number of hydrogen-bond donors (Lipinski definition) is 1. The number of hydrogen-bond acceptors (Lipinski definition) is 2. The topological polar surface area (TPSA) is 26.0 Å². The lowest BCUT2D eigenvalue weighted by Crippen LogP contribution is -2.10. The van der Waals surface area contributed by atoms with Gasteiger partial charge in [0.25, 0.3) is 0 Å². The fourth-order valence-electron chi connectivity index (χ4n) is 0.887. The van der Waals surface area contributed by atoms with Gasteiger partial charge in [-0.3, -0.25) is 0 Å². The van der Waals surface area contributed by atoms with Crippen molar-refractivity contribution < 1.29 is 13.2 Å². The SMILES string of the molecule is NCc1ccc(SCC(F)(F)F)cc1. The molecule has 78 valence electrons. The second-order valence-corrected chi connectivity index (χ2v) is 3.80. The molecule has 0 saturated carbocycles. The average Bonchev–Trinajstić information content (AvgIpc) is 2.14. The zero-order valence-electron chi connectivity index (χ0n) is 7.34. The highest BCUT2D eigenvalue weighted by atomic mass is 32.2. The first kappa shape index (κ1) is 11.4. The van der Waals surface area contributed by atoms with E-state index in [1.54, 1.807) is 24.3 Å². The van der Waals surface area contributed by atoms with E-state index in [4.69, 9.17) is 5.73 Å². The standard InChI is InChI=1S/C9H10F3NS/c10-9(11,12)6-14-8-3-1-7(5-13)2-4-8/h1-4H,5-6,13H2. The van der Waals surface area contributed by atoms with E-state index in [0.29, 0.717) is 11.4 Å². The van der Waals surface area contributed by atoms with Gasteiger partial charge in [-0.1, -0.05) is 12.1 Å². The number of nitrogens with two attached hydrogens (primary N) is 1. The van der Waals surface area contributed by atoms with Gasteiger partial charge in [0, 0.05) is 11.4 Å². The highest BCUT2D eigenvalue weighted by molar-refractivity contribution is 7.99. The predicted octanol–water partition coefficient (Wildman–Crippen LogP) is 2.80. The van der Waals surface area contributed by atoms with E-state index in [9.17, 15) is 13.2 Å². The van der Waals surface area contributed by atoms with E-state index in [0.717, 1.165) is 17.3 Å². The van der Waals surface area contributed by atoms with Gasteiger partial charge >= 0.3 is 6.18 Å². The summed E-state index contributed by atoms with van der Waals surface area (Å²) in [4.78, 5) is 0.611. The summed E-state index contributed by atoms with van der Waals surface area (Å²) in [7, 11) is 0. The van der Waals surface area contributed by atoms with Gasteiger partial charge in [-0.15, -0.1) is 11.8 Å². The Hall–Kier alpha value is -0.680. The Labute approximate surface area is 84.5 Å². The van der Waals surface area contributed by atoms with Gasteiger partial charge in [0.05, 0.1) is 5.75 Å². The summed E-state index contributed by atoms with van der Waals surface area (Å²) < 4.78 is 35.5. The summed E-state index contributed by atoms with van der Waals surface area (Å²) in [6, 6.07) is 6.77. The van der Waals surface area contributed by atoms with Crippen LogP contribution in [0.1, 0.15) is 5.56 Å². The van der Waals surface area contributed by atoms with Gasteiger partial charge < -0.3 is 5.73 Å². The Bertz CT molecular complexity index is 281. The molecule has 0 bridgehead atoms. The van der Waals surface area contributed by atoms with Crippen molar-refractivity contribution in [3.8, 4) is 0 Å². The van der Waals surface area contributed by atoms with Crippen molar-refractivity contribution in [3.63, 3.8) is 0 Å². The maximum atomic E-state index is 11.8. The van der Waals surface area contributed by atoms with Gasteiger partial charge in [-0.25, -0.2) is 0 Å². The Morgan fingerprint density at radius 3 is 2.14 bits per heavy atom. The summed E-state index contributed by atoms with van der Waals surface area (Å²) in [5, 5.41) is 0. The van der Waals surface area contributed by atoms with Crippen LogP contribution in [0.5, 0.6) is 0 Å². The van der Waals surface area contributed by atoms with E-state index in [2.05, 4.69) is 0 Å². The first-order valence-electron chi connectivity index (χ1n) is 4.00. The monoisotopic (exact) mass is 221 g/mol. The minimum Gasteiger partial charge on any atom is -0.326 e. The van der Waals surface area contributed by atoms with Crippen molar-refractivity contribution in [2.24, 2.45) is 5.73 Å². The van der Waals surface area contributed by atoms with Crippen molar-refractivity contribution >= 4 is 11.8 Å². The first-order chi connectivity index (χ1) is 6.51. The average molecular weight is 221 g/mol. The lowest BCUT2D eigenvalue weighted by molar-refractivity contribution is -0.105. The van der Waals surface area contributed by atoms with Crippen LogP contribution in [0.4, 0.5) is 13.2 Å². The van der Waals surface area contributed by atoms with E-state index in [-0.39, 0.29) is 0 Å². The fraction of sp³-hybridized carbons (Fsp3) is 0.333. The van der Waals surface area contributed by atoms with Crippen LogP contribution >= 0.6 is 11.8 Å². The van der Waals surface area contributed by atoms with Crippen LogP contribution in [0, 0.1) is 0 Å². The summed E-state index contributed by atoms with van der Waals surface area (Å²) in [6.07, 6.45) is -4.11. The lowest BCUT2D eigenvalue weighted by Gasteiger charge is -2.05. The van der Waals surface area contributed by atoms with Gasteiger partial charge in [-0.05, 0) is 17.7 Å². The number of halogens is 3. The van der Waals surface area contributed by atoms with E-state index < -0.39 is 11.9 Å². The van der Waals surface area contributed by atoms with Crippen molar-refractivity contribution in [2.75, 3.05) is 5.75 Å². The Morgan fingerprint density at radius 2 is 1.71 bits per heavy atom. The summed E-state index contributed by atoms with van der Waals surface area (Å²) in [5.41, 5.74) is 6.27. The minimum absolute atomic E-state index is 0.407. The molecule has 0 aliphatic rings. The van der Waals surface area contributed by atoms with Crippen LogP contribution in [-0.2, 0) is 6.54 Å². The molecule has 0 amide bonds. The van der Waals surface area contributed by atoms with Crippen molar-refractivity contribution in [1.82, 2.24) is 0 Å². The van der Waals surface area contributed by atoms with Crippen LogP contribution in [-0.4, -0.2) is 11.9 Å². The minimum atomic E-state index is -4.11. The van der Waals surface area contributed by atoms with Crippen LogP contribution < -0.4 is 5.73 Å². The van der Waals surface area contributed by atoms with Crippen LogP contribution in [0.2, 0.25) is 0 Å². The molecule has 0 aliphatic carbocycles. The van der Waals surface area contributed by atoms with E-state index in [1.807, 2.05) is 0 Å². The molecule has 0 spiro atoms. The highest BCUT2D eigenvalue weighted by Gasteiger charge is 2.27. The van der Waals surface area contributed by atoms with Crippen molar-refractivity contribution in [1.29, 1.82) is 0 Å². The van der Waals surface area contributed by atoms with Gasteiger partial charge in [0.15, 0.2) is 0 Å². The third-order valence-electron chi connectivity index (χ3n) is 1.56. The van der Waals surface area contributed by atoms with Crippen LogP contribution in [0.25, 0.3) is 0 Å². The maximum Gasteiger partial charge on any atom is 0.398 e. The summed E-state index contributed by atoms with van der Waals surface area (Å²) in [5.74, 6) is -0.852. The molecule has 2 N–H and O–H groups in total. The Balaban J connectivity index is 2.52. The smallest absolute Gasteiger partial charge is 0.326 e. The highest BCUT2D eigenvalue weighted by Crippen LogP contribution is 2.27. The second-order valence-electron chi connectivity index (χ2n) is 2.75. The second kappa shape index (κ2) is 4.70. The molecule has 1 rings (SSSR count). The van der Waals surface area contributed by atoms with Gasteiger partial charge in [-0.2, -0.15) is 13.2 Å². The number of rotatable bonds is 3. The summed E-state index contributed by atoms with van der Waals surface area (Å²) >= 11 is 0.781. The maximum absolute atomic E-state index is 11.8. The molecule has 1 aromatic rings. The van der Waals surface area contributed by atoms with Gasteiger partial charge in [0.1, 0.15) is 0 Å². The molecule has 14 heavy (non-hydrogen) atoms. The van der Waals surface area contributed by atoms with Crippen LogP contribution in [0.3, 0.4) is 0 Å². The third-order valence-corrected chi connectivity index (χ3v) is 2.64. The Kier molecular flexibility index (Phi) is 3.83. The zero-order valence-corrected chi connectivity index (χ0v) is 8.16. The normalized spacial score (nSPS) is 11.7. The largest absolute Gasteiger partial charge is 0.398 e. The molecule has 5 heteroatoms. The number of benzene rings is 1. The molecule has 0 radical (unpaired) electrons. The first-order valence-corrected chi connectivity index (χ1v) is 4.98. The van der Waals surface area contributed by atoms with E-state index >= 15 is 0 Å². The number of alkyl halides is 3. The molecule has 0 aliphatic heterocycles. The molecule has 0 aromatic heterocycles. The quantitative estimate of drug-likeness (QED) is 0.794. The van der Waals surface area contributed by atoms with Crippen LogP contribution in [0.15, 0.2) is 29.2 Å².